The number of alkyl halides is 1. The van der Waals surface area contributed by atoms with Gasteiger partial charge in [0, 0.05) is 12.3 Å². The predicted octanol–water partition coefficient (Wildman–Crippen LogP) is -0.109. The van der Waals surface area contributed by atoms with Gasteiger partial charge in [0.25, 0.3) is 5.91 Å². The van der Waals surface area contributed by atoms with Crippen LogP contribution in [0.2, 0.25) is 0 Å². The van der Waals surface area contributed by atoms with E-state index in [0.29, 0.717) is 0 Å². The van der Waals surface area contributed by atoms with Crippen LogP contribution in [0.15, 0.2) is 10.5 Å². The van der Waals surface area contributed by atoms with E-state index in [1.807, 2.05) is 0 Å². The number of oxime groups is 1. The minimum Gasteiger partial charge on any atom is -0.398 e. The number of amides is 3. The van der Waals surface area contributed by atoms with E-state index in [0.717, 1.165) is 23.1 Å². The molecule has 3 amide bonds. The molecule has 0 spiro atoms. The number of hydrogen-bond acceptors (Lipinski definition) is 9. The van der Waals surface area contributed by atoms with E-state index in [4.69, 9.17) is 11.6 Å². The average molecular weight is 420 g/mol. The molecule has 2 rings (SSSR count). The van der Waals surface area contributed by atoms with Crippen molar-refractivity contribution in [1.82, 2.24) is 15.6 Å². The van der Waals surface area contributed by atoms with E-state index < -0.39 is 29.1 Å². The van der Waals surface area contributed by atoms with Gasteiger partial charge < -0.3 is 20.8 Å². The summed E-state index contributed by atoms with van der Waals surface area (Å²) in [6.45, 7) is 1.36. The molecule has 1 aliphatic heterocycles. The van der Waals surface area contributed by atoms with Crippen LogP contribution in [-0.2, 0) is 24.0 Å². The van der Waals surface area contributed by atoms with Crippen molar-refractivity contribution in [1.29, 1.82) is 0 Å². The maximum Gasteiger partial charge on any atom is 0.276 e. The summed E-state index contributed by atoms with van der Waals surface area (Å²) in [5.41, 5.74) is -0.0314. The molecule has 1 aromatic rings. The van der Waals surface area contributed by atoms with Crippen LogP contribution in [0.1, 0.15) is 12.6 Å². The third-order valence-electron chi connectivity index (χ3n) is 2.96. The van der Waals surface area contributed by atoms with Crippen LogP contribution in [0, 0.1) is 0 Å². The van der Waals surface area contributed by atoms with E-state index in [2.05, 4.69) is 30.9 Å². The van der Waals surface area contributed by atoms with Crippen molar-refractivity contribution in [3.05, 3.63) is 11.1 Å². The smallest absolute Gasteiger partial charge is 0.276 e. The first-order valence-corrected chi connectivity index (χ1v) is 9.36. The van der Waals surface area contributed by atoms with Gasteiger partial charge >= 0.3 is 0 Å². The molecular formula is C13H14ClN5O5S2. The van der Waals surface area contributed by atoms with Gasteiger partial charge in [0.1, 0.15) is 30.1 Å². The molecule has 0 unspecified atom stereocenters. The van der Waals surface area contributed by atoms with Gasteiger partial charge in [0.15, 0.2) is 16.0 Å². The van der Waals surface area contributed by atoms with Crippen molar-refractivity contribution in [3.63, 3.8) is 0 Å². The van der Waals surface area contributed by atoms with E-state index >= 15 is 0 Å². The summed E-state index contributed by atoms with van der Waals surface area (Å²) < 4.78 is 0. The molecule has 2 heterocycles. The number of thiazole rings is 1. The number of rotatable bonds is 7. The highest BCUT2D eigenvalue weighted by Gasteiger charge is 2.42. The lowest BCUT2D eigenvalue weighted by Crippen LogP contribution is -2.68. The molecule has 1 saturated heterocycles. The molecule has 1 aromatic heterocycles. The average Bonchev–Trinajstić information content (AvgIpc) is 3.04. The third kappa shape index (κ3) is 4.93. The number of carbonyl (C=O) groups excluding carboxylic acids is 4. The second-order valence-corrected chi connectivity index (χ2v) is 7.28. The topological polar surface area (TPSA) is 139 Å². The first-order valence-electron chi connectivity index (χ1n) is 7.07. The van der Waals surface area contributed by atoms with Gasteiger partial charge in [-0.05, 0) is 0 Å². The molecule has 1 aliphatic rings. The number of anilines is 1. The Morgan fingerprint density at radius 3 is 2.81 bits per heavy atom. The Labute approximate surface area is 161 Å². The number of aromatic nitrogens is 1. The lowest BCUT2D eigenvalue weighted by atomic mass is 10.1. The molecule has 1 fully saturated rings. The Bertz CT molecular complexity index is 768. The van der Waals surface area contributed by atoms with E-state index in [1.54, 1.807) is 0 Å². The molecule has 0 aromatic carbocycles. The van der Waals surface area contributed by atoms with Crippen LogP contribution in [0.25, 0.3) is 0 Å². The number of hydrogen-bond donors (Lipinski definition) is 3. The molecule has 3 N–H and O–H groups in total. The highest BCUT2D eigenvalue weighted by molar-refractivity contribution is 8.14. The quantitative estimate of drug-likeness (QED) is 0.242. The van der Waals surface area contributed by atoms with Crippen molar-refractivity contribution >= 4 is 68.4 Å². The van der Waals surface area contributed by atoms with Crippen LogP contribution in [0.5, 0.6) is 0 Å². The zero-order valence-electron chi connectivity index (χ0n) is 13.6. The molecular weight excluding hydrogens is 406 g/mol. The summed E-state index contributed by atoms with van der Waals surface area (Å²) in [4.78, 5) is 55.3. The second kappa shape index (κ2) is 8.96. The predicted molar refractivity (Wildman–Crippen MR) is 97.1 cm³/mol. The largest absolute Gasteiger partial charge is 0.398 e. The molecule has 26 heavy (non-hydrogen) atoms. The van der Waals surface area contributed by atoms with Gasteiger partial charge in [-0.25, -0.2) is 4.98 Å². The van der Waals surface area contributed by atoms with Gasteiger partial charge in [-0.2, -0.15) is 0 Å². The highest BCUT2D eigenvalue weighted by atomic mass is 35.5. The first-order chi connectivity index (χ1) is 12.3. The van der Waals surface area contributed by atoms with Gasteiger partial charge in [-0.15, -0.1) is 22.9 Å². The normalized spacial score (nSPS) is 19.2. The molecule has 140 valence electrons. The van der Waals surface area contributed by atoms with Crippen LogP contribution < -0.4 is 16.0 Å². The Hall–Kier alpha value is -2.18. The monoisotopic (exact) mass is 419 g/mol. The Morgan fingerprint density at radius 2 is 2.23 bits per heavy atom. The Morgan fingerprint density at radius 1 is 1.50 bits per heavy atom. The molecule has 0 bridgehead atoms. The number of carbonyl (C=O) groups is 4. The van der Waals surface area contributed by atoms with Crippen molar-refractivity contribution < 1.29 is 24.0 Å². The van der Waals surface area contributed by atoms with Crippen molar-refractivity contribution in [2.24, 2.45) is 5.16 Å². The zero-order chi connectivity index (χ0) is 19.3. The van der Waals surface area contributed by atoms with Gasteiger partial charge in [0.05, 0.1) is 0 Å². The van der Waals surface area contributed by atoms with Crippen LogP contribution in [-0.4, -0.2) is 57.9 Å². The van der Waals surface area contributed by atoms with E-state index in [-0.39, 0.29) is 27.5 Å². The molecule has 13 heteroatoms. The lowest BCUT2D eigenvalue weighted by molar-refractivity contribution is -0.132. The summed E-state index contributed by atoms with van der Waals surface area (Å²) in [5, 5.41) is 12.1. The van der Waals surface area contributed by atoms with Crippen molar-refractivity contribution in [2.75, 3.05) is 18.3 Å². The maximum absolute atomic E-state index is 12.5. The molecule has 0 aliphatic carbocycles. The fourth-order valence-corrected chi connectivity index (χ4v) is 3.51. The lowest BCUT2D eigenvalue weighted by Gasteiger charge is -2.35. The molecule has 0 saturated carbocycles. The minimum absolute atomic E-state index is 0.148. The van der Waals surface area contributed by atoms with Crippen LogP contribution in [0.4, 0.5) is 5.13 Å². The number of thioether (sulfide) groups is 1. The summed E-state index contributed by atoms with van der Waals surface area (Å²) >= 11 is 7.37. The van der Waals surface area contributed by atoms with Gasteiger partial charge in [-0.3, -0.25) is 19.2 Å². The highest BCUT2D eigenvalue weighted by Crippen LogP contribution is 2.21. The molecule has 10 nitrogen and oxygen atoms in total. The zero-order valence-corrected chi connectivity index (χ0v) is 16.0. The SMILES string of the molecule is CON=C(C(=O)N[C@@H]1C(=O)N[C@H]1SC(C)=O)c1csc(NC(=O)CCl)n1. The summed E-state index contributed by atoms with van der Waals surface area (Å²) in [7, 11) is 1.25. The summed E-state index contributed by atoms with van der Waals surface area (Å²) in [5.74, 6) is -1.80. The van der Waals surface area contributed by atoms with Crippen LogP contribution in [0.3, 0.4) is 0 Å². The van der Waals surface area contributed by atoms with Gasteiger partial charge in [-0.1, -0.05) is 16.9 Å². The fraction of sp³-hybridized carbons (Fsp3) is 0.385. The standard InChI is InChI=1S/C13H14ClN5O5S2/c1-5(20)26-12-9(11(23)18-12)17-10(22)8(19-24-2)6-4-25-13(15-6)16-7(21)3-14/h4,9,12H,3H2,1-2H3,(H,17,22)(H,18,23)(H,15,16,21)/t9-,12+/m1/s1. The Kier molecular flexibility index (Phi) is 6.94. The maximum atomic E-state index is 12.5. The number of nitrogens with one attached hydrogen (secondary N) is 3. The number of β-lactam (4-membered cyclic amide) rings is 1. The van der Waals surface area contributed by atoms with Crippen LogP contribution >= 0.6 is 34.7 Å². The molecule has 0 radical (unpaired) electrons. The second-order valence-electron chi connectivity index (χ2n) is 4.83. The van der Waals surface area contributed by atoms with Crippen molar-refractivity contribution in [3.8, 4) is 0 Å². The number of nitrogens with zero attached hydrogens (tertiary/aromatic N) is 2. The number of halogens is 1. The minimum atomic E-state index is -0.882. The molecule has 2 atom stereocenters. The van der Waals surface area contributed by atoms with E-state index in [9.17, 15) is 19.2 Å². The van der Waals surface area contributed by atoms with Gasteiger partial charge in [0.2, 0.25) is 11.8 Å². The summed E-state index contributed by atoms with van der Waals surface area (Å²) in [6.07, 6.45) is 0. The third-order valence-corrected chi connectivity index (χ3v) is 4.94. The van der Waals surface area contributed by atoms with E-state index in [1.165, 1.54) is 19.4 Å². The Balaban J connectivity index is 2.10. The summed E-state index contributed by atoms with van der Waals surface area (Å²) in [6, 6.07) is -0.882. The first kappa shape index (κ1) is 20.1. The fourth-order valence-electron chi connectivity index (χ4n) is 1.87. The van der Waals surface area contributed by atoms with Crippen molar-refractivity contribution in [2.45, 2.75) is 18.3 Å².